The average Bonchev–Trinajstić information content (AvgIpc) is 3.57. The van der Waals surface area contributed by atoms with E-state index in [-0.39, 0.29) is 66.6 Å². The van der Waals surface area contributed by atoms with Gasteiger partial charge < -0.3 is 48.2 Å². The maximum Gasteiger partial charge on any atom is 0.352 e. The Morgan fingerprint density at radius 2 is 1.88 bits per heavy atom. The number of urea groups is 1. The first kappa shape index (κ1) is 35.8. The summed E-state index contributed by atoms with van der Waals surface area (Å²) in [6.07, 6.45) is 1.54. The summed E-state index contributed by atoms with van der Waals surface area (Å²) in [5.74, 6) is -4.32. The highest BCUT2D eigenvalue weighted by atomic mass is 32.2. The lowest BCUT2D eigenvalue weighted by Crippen LogP contribution is -2.71. The molecule has 4 amide bonds. The number of aliphatic carboxylic acids is 2. The minimum absolute atomic E-state index is 0.00152. The Hall–Kier alpha value is -5.00. The number of amides is 4. The molecule has 1 fully saturated rings. The van der Waals surface area contributed by atoms with Crippen LogP contribution in [-0.4, -0.2) is 118 Å². The number of nitrogens with two attached hydrogens (primary N) is 4. The van der Waals surface area contributed by atoms with Gasteiger partial charge in [0.2, 0.25) is 23.3 Å². The van der Waals surface area contributed by atoms with Crippen LogP contribution in [0.2, 0.25) is 0 Å². The van der Waals surface area contributed by atoms with Crippen LogP contribution in [0, 0.1) is 0 Å². The molecule has 2 aliphatic heterocycles. The Balaban J connectivity index is 1.54. The molecule has 0 radical (unpaired) electrons. The van der Waals surface area contributed by atoms with Crippen LogP contribution in [0.4, 0.5) is 21.4 Å². The van der Waals surface area contributed by atoms with Crippen molar-refractivity contribution in [3.05, 3.63) is 23.3 Å². The number of oxime groups is 1. The molecular formula is C25H36N13O8S2+. The van der Waals surface area contributed by atoms with E-state index >= 15 is 0 Å². The van der Waals surface area contributed by atoms with Crippen LogP contribution in [0.1, 0.15) is 19.7 Å². The van der Waals surface area contributed by atoms with Crippen LogP contribution in [0.25, 0.3) is 0 Å². The minimum atomic E-state index is -1.82. The number of nitrogen functional groups attached to an aromatic ring is 2. The molecule has 23 heteroatoms. The number of rotatable bonds is 14. The average molecular weight is 711 g/mol. The van der Waals surface area contributed by atoms with Crippen molar-refractivity contribution in [3.63, 3.8) is 0 Å². The molecule has 4 rings (SSSR count). The van der Waals surface area contributed by atoms with E-state index in [0.717, 1.165) is 16.4 Å². The highest BCUT2D eigenvalue weighted by Gasteiger charge is 2.55. The van der Waals surface area contributed by atoms with Crippen LogP contribution in [0.15, 0.2) is 22.6 Å². The van der Waals surface area contributed by atoms with Crippen LogP contribution in [0.5, 0.6) is 0 Å². The van der Waals surface area contributed by atoms with Gasteiger partial charge in [-0.05, 0) is 13.8 Å². The van der Waals surface area contributed by atoms with Crippen LogP contribution in [-0.2, 0) is 37.6 Å². The van der Waals surface area contributed by atoms with Crippen molar-refractivity contribution in [1.29, 1.82) is 0 Å². The fraction of sp³-hybridized carbons (Fsp3) is 0.480. The van der Waals surface area contributed by atoms with Crippen molar-refractivity contribution in [2.24, 2.45) is 23.7 Å². The van der Waals surface area contributed by atoms with E-state index < -0.39 is 52.5 Å². The van der Waals surface area contributed by atoms with Crippen LogP contribution in [0.3, 0.4) is 0 Å². The second-order valence-corrected chi connectivity index (χ2v) is 12.9. The Bertz CT molecular complexity index is 1680. The zero-order valence-corrected chi connectivity index (χ0v) is 27.7. The van der Waals surface area contributed by atoms with Gasteiger partial charge in [0.1, 0.15) is 17.1 Å². The number of carbonyl (C=O) groups excluding carboxylic acids is 3. The van der Waals surface area contributed by atoms with Gasteiger partial charge in [0.15, 0.2) is 23.2 Å². The first-order chi connectivity index (χ1) is 22.6. The number of hydrogen-bond acceptors (Lipinski definition) is 15. The third-order valence-electron chi connectivity index (χ3n) is 7.25. The summed E-state index contributed by atoms with van der Waals surface area (Å²) in [6.45, 7) is 3.42. The molecule has 0 bridgehead atoms. The number of fused-ring (bicyclic) bond motifs is 1. The number of nitrogens with one attached hydrogen (secondary N) is 2. The molecule has 21 nitrogen and oxygen atoms in total. The van der Waals surface area contributed by atoms with Gasteiger partial charge in [0.05, 0.1) is 7.05 Å². The van der Waals surface area contributed by atoms with Gasteiger partial charge in [0.25, 0.3) is 11.8 Å². The Kier molecular flexibility index (Phi) is 10.8. The first-order valence-electron chi connectivity index (χ1n) is 14.2. The second-order valence-electron chi connectivity index (χ2n) is 11.0. The van der Waals surface area contributed by atoms with Crippen molar-refractivity contribution in [2.75, 3.05) is 48.7 Å². The number of β-lactam (4-membered cyclic amide) rings is 1. The zero-order valence-electron chi connectivity index (χ0n) is 26.1. The number of carboxylic acid groups (broad SMARTS) is 2. The van der Waals surface area contributed by atoms with Crippen molar-refractivity contribution in [1.82, 2.24) is 29.2 Å². The normalized spacial score (nSPS) is 17.8. The number of nitrogens with zero attached hydrogens (tertiary/aromatic N) is 7. The molecule has 0 aliphatic carbocycles. The molecule has 260 valence electrons. The lowest BCUT2D eigenvalue weighted by Gasteiger charge is -2.49. The summed E-state index contributed by atoms with van der Waals surface area (Å²) >= 11 is 1.96. The zero-order chi connectivity index (χ0) is 35.5. The first-order valence-corrected chi connectivity index (χ1v) is 16.0. The van der Waals surface area contributed by atoms with Gasteiger partial charge in [-0.2, -0.15) is 9.36 Å². The van der Waals surface area contributed by atoms with Crippen molar-refractivity contribution >= 4 is 75.4 Å². The summed E-state index contributed by atoms with van der Waals surface area (Å²) in [6, 6.07) is -1.63. The van der Waals surface area contributed by atoms with E-state index in [1.54, 1.807) is 11.7 Å². The van der Waals surface area contributed by atoms with Crippen molar-refractivity contribution < 1.29 is 43.7 Å². The summed E-state index contributed by atoms with van der Waals surface area (Å²) < 4.78 is 7.03. The number of hydrogen-bond donors (Lipinski definition) is 8. The predicted octanol–water partition coefficient (Wildman–Crippen LogP) is -2.90. The lowest BCUT2D eigenvalue weighted by molar-refractivity contribution is -0.765. The van der Waals surface area contributed by atoms with E-state index in [0.29, 0.717) is 5.57 Å². The Morgan fingerprint density at radius 3 is 2.44 bits per heavy atom. The Morgan fingerprint density at radius 1 is 1.21 bits per heavy atom. The molecule has 2 atom stereocenters. The molecule has 4 heterocycles. The van der Waals surface area contributed by atoms with Crippen molar-refractivity contribution in [3.8, 4) is 0 Å². The molecule has 12 N–H and O–H groups in total. The van der Waals surface area contributed by atoms with Crippen LogP contribution >= 0.6 is 23.3 Å². The van der Waals surface area contributed by atoms with Gasteiger partial charge >= 0.3 is 18.0 Å². The van der Waals surface area contributed by atoms with Gasteiger partial charge in [-0.25, -0.2) is 14.4 Å². The van der Waals surface area contributed by atoms with Gasteiger partial charge in [-0.15, -0.1) is 21.1 Å². The van der Waals surface area contributed by atoms with Crippen LogP contribution < -0.4 is 38.3 Å². The van der Waals surface area contributed by atoms with Gasteiger partial charge in [-0.1, -0.05) is 5.16 Å². The minimum Gasteiger partial charge on any atom is -0.478 e. The SMILES string of the molecule is Cn1c(N)c(NC(=O)N(CCN)CCN)c[n+]1CC1=C(C(=O)O)N2C(=O)[C@@H](NC(=O)/C(=N\OC(C)(C)C(=O)O)c3nsc(N)n3)[C@H]2SC1. The lowest BCUT2D eigenvalue weighted by atomic mass is 10.0. The summed E-state index contributed by atoms with van der Waals surface area (Å²) in [5, 5.41) is 27.6. The molecule has 0 spiro atoms. The molecule has 2 aliphatic rings. The molecule has 0 unspecified atom stereocenters. The molecule has 2 aromatic rings. The van der Waals surface area contributed by atoms with E-state index in [1.165, 1.54) is 41.4 Å². The van der Waals surface area contributed by atoms with E-state index in [1.807, 2.05) is 0 Å². The van der Waals surface area contributed by atoms with E-state index in [4.69, 9.17) is 27.8 Å². The summed E-state index contributed by atoms with van der Waals surface area (Å²) in [7, 11) is 1.62. The summed E-state index contributed by atoms with van der Waals surface area (Å²) in [5.41, 5.74) is 21.1. The molecule has 0 saturated carbocycles. The van der Waals surface area contributed by atoms with E-state index in [9.17, 15) is 34.2 Å². The molecule has 1 saturated heterocycles. The summed E-state index contributed by atoms with van der Waals surface area (Å²) in [4.78, 5) is 74.8. The van der Waals surface area contributed by atoms with Crippen molar-refractivity contribution in [2.45, 2.75) is 37.4 Å². The fourth-order valence-corrected chi connectivity index (χ4v) is 6.38. The topological polar surface area (TPSA) is 317 Å². The molecular weight excluding hydrogens is 674 g/mol. The quantitative estimate of drug-likeness (QED) is 0.0422. The third-order valence-corrected chi connectivity index (χ3v) is 9.14. The second kappa shape index (κ2) is 14.4. The fourth-order valence-electron chi connectivity index (χ4n) is 4.61. The number of thioether (sulfide) groups is 1. The number of carbonyl (C=O) groups is 5. The standard InChI is InChI=1S/C25H35N13O8S2/c1-25(2,22(43)44)46-33-13(17-32-23(29)48-34-17)18(39)31-14-19(40)38-15(21(41)42)11(10-47-20(14)38)8-37-9-12(16(28)35(37)3)30-24(45)36(6-4-26)7-5-27/h9,14,20,28H,4-8,10,26-27H2,1-3H3,(H6,29,30,31,32,34,39,41,42,43,44,45)/p+1/b33-13-/t14-,20-/m1/s1. The maximum absolute atomic E-state index is 13.3. The highest BCUT2D eigenvalue weighted by Crippen LogP contribution is 2.40. The largest absolute Gasteiger partial charge is 0.478 e. The molecule has 48 heavy (non-hydrogen) atoms. The molecule has 0 aromatic carbocycles. The third kappa shape index (κ3) is 7.27. The number of aromatic nitrogens is 4. The monoisotopic (exact) mass is 710 g/mol. The smallest absolute Gasteiger partial charge is 0.352 e. The predicted molar refractivity (Wildman–Crippen MR) is 172 cm³/mol. The van der Waals surface area contributed by atoms with E-state index in [2.05, 4.69) is 25.1 Å². The molecule has 2 aromatic heterocycles. The number of anilines is 3. The number of carboxylic acids is 2. The van der Waals surface area contributed by atoms with Gasteiger partial charge in [0, 0.05) is 49.0 Å². The Labute approximate surface area is 281 Å². The highest BCUT2D eigenvalue weighted by molar-refractivity contribution is 8.00. The van der Waals surface area contributed by atoms with Gasteiger partial charge in [-0.3, -0.25) is 19.8 Å². The maximum atomic E-state index is 13.3.